The molecule has 1 atom stereocenters. The van der Waals surface area contributed by atoms with E-state index in [0.717, 1.165) is 25.2 Å². The molecule has 0 spiro atoms. The Balaban J connectivity index is 2.24. The van der Waals surface area contributed by atoms with Gasteiger partial charge in [0.1, 0.15) is 5.82 Å². The van der Waals surface area contributed by atoms with Crippen LogP contribution in [0.15, 0.2) is 18.2 Å². The quantitative estimate of drug-likeness (QED) is 0.851. The van der Waals surface area contributed by atoms with E-state index in [4.69, 9.17) is 0 Å². The Morgan fingerprint density at radius 3 is 2.94 bits per heavy atom. The van der Waals surface area contributed by atoms with Crippen LogP contribution in [0.3, 0.4) is 0 Å². The van der Waals surface area contributed by atoms with E-state index in [9.17, 15) is 9.50 Å². The number of hydrogen-bond donors (Lipinski definition) is 1. The minimum absolute atomic E-state index is 0.227. The van der Waals surface area contributed by atoms with Crippen LogP contribution >= 0.6 is 0 Å². The average molecular weight is 223 g/mol. The van der Waals surface area contributed by atoms with E-state index < -0.39 is 0 Å². The Bertz CT molecular complexity index is 367. The van der Waals surface area contributed by atoms with Crippen molar-refractivity contribution in [2.45, 2.75) is 26.4 Å². The lowest BCUT2D eigenvalue weighted by Crippen LogP contribution is -2.21. The number of aliphatic hydroxyl groups excluding tert-OH is 1. The molecule has 1 saturated heterocycles. The smallest absolute Gasteiger partial charge is 0.130 e. The number of benzene rings is 1. The fraction of sp³-hybridized carbons (Fsp3) is 0.538. The lowest BCUT2D eigenvalue weighted by Gasteiger charge is -2.21. The van der Waals surface area contributed by atoms with Crippen molar-refractivity contribution in [3.05, 3.63) is 29.6 Å². The SMILES string of the molecule is CCC1CCN(c2cccc(F)c2CO)C1. The molecule has 1 heterocycles. The normalized spacial score (nSPS) is 20.4. The van der Waals surface area contributed by atoms with Gasteiger partial charge in [-0.25, -0.2) is 4.39 Å². The van der Waals surface area contributed by atoms with Gasteiger partial charge in [-0.3, -0.25) is 0 Å². The molecule has 1 aromatic rings. The number of halogens is 1. The van der Waals surface area contributed by atoms with E-state index in [1.165, 1.54) is 12.5 Å². The van der Waals surface area contributed by atoms with Crippen molar-refractivity contribution in [1.82, 2.24) is 0 Å². The van der Waals surface area contributed by atoms with Crippen LogP contribution in [0.1, 0.15) is 25.3 Å². The first-order chi connectivity index (χ1) is 7.76. The van der Waals surface area contributed by atoms with Gasteiger partial charge >= 0.3 is 0 Å². The van der Waals surface area contributed by atoms with E-state index in [-0.39, 0.29) is 12.4 Å². The van der Waals surface area contributed by atoms with Gasteiger partial charge in [-0.05, 0) is 24.5 Å². The minimum Gasteiger partial charge on any atom is -0.391 e. The molecule has 1 aromatic carbocycles. The van der Waals surface area contributed by atoms with E-state index in [1.54, 1.807) is 6.07 Å². The van der Waals surface area contributed by atoms with Crippen molar-refractivity contribution in [3.8, 4) is 0 Å². The van der Waals surface area contributed by atoms with Gasteiger partial charge in [-0.15, -0.1) is 0 Å². The van der Waals surface area contributed by atoms with Gasteiger partial charge in [-0.2, -0.15) is 0 Å². The summed E-state index contributed by atoms with van der Waals surface area (Å²) in [6.07, 6.45) is 2.33. The molecule has 3 heteroatoms. The van der Waals surface area contributed by atoms with Crippen LogP contribution in [0.4, 0.5) is 10.1 Å². The highest BCUT2D eigenvalue weighted by molar-refractivity contribution is 5.54. The number of aliphatic hydroxyl groups is 1. The fourth-order valence-electron chi connectivity index (χ4n) is 2.38. The summed E-state index contributed by atoms with van der Waals surface area (Å²) in [7, 11) is 0. The Hall–Kier alpha value is -1.09. The molecular formula is C13H18FNO. The van der Waals surface area contributed by atoms with Crippen molar-refractivity contribution in [1.29, 1.82) is 0 Å². The molecule has 0 amide bonds. The first-order valence-electron chi connectivity index (χ1n) is 5.89. The molecule has 0 aliphatic carbocycles. The van der Waals surface area contributed by atoms with E-state index >= 15 is 0 Å². The number of nitrogens with zero attached hydrogens (tertiary/aromatic N) is 1. The molecule has 1 N–H and O–H groups in total. The molecular weight excluding hydrogens is 205 g/mol. The van der Waals surface area contributed by atoms with Crippen molar-refractivity contribution < 1.29 is 9.50 Å². The van der Waals surface area contributed by atoms with Crippen LogP contribution < -0.4 is 4.90 Å². The highest BCUT2D eigenvalue weighted by Gasteiger charge is 2.23. The summed E-state index contributed by atoms with van der Waals surface area (Å²) in [5.74, 6) is 0.398. The lowest BCUT2D eigenvalue weighted by atomic mass is 10.1. The number of anilines is 1. The average Bonchev–Trinajstić information content (AvgIpc) is 2.77. The second-order valence-corrected chi connectivity index (χ2v) is 4.40. The van der Waals surface area contributed by atoms with Crippen molar-refractivity contribution in [3.63, 3.8) is 0 Å². The van der Waals surface area contributed by atoms with Crippen molar-refractivity contribution >= 4 is 5.69 Å². The molecule has 1 aliphatic heterocycles. The Morgan fingerprint density at radius 2 is 2.31 bits per heavy atom. The topological polar surface area (TPSA) is 23.5 Å². The predicted molar refractivity (Wildman–Crippen MR) is 62.9 cm³/mol. The Kier molecular flexibility index (Phi) is 3.44. The summed E-state index contributed by atoms with van der Waals surface area (Å²) in [5, 5.41) is 9.22. The van der Waals surface area contributed by atoms with Gasteiger partial charge < -0.3 is 10.0 Å². The third kappa shape index (κ3) is 2.05. The standard InChI is InChI=1S/C13H18FNO/c1-2-10-6-7-15(8-10)13-5-3-4-12(14)11(13)9-16/h3-5,10,16H,2,6-9H2,1H3. The van der Waals surface area contributed by atoms with Crippen LogP contribution in [0, 0.1) is 11.7 Å². The molecule has 2 nitrogen and oxygen atoms in total. The maximum absolute atomic E-state index is 13.5. The van der Waals surface area contributed by atoms with E-state index in [1.807, 2.05) is 6.07 Å². The van der Waals surface area contributed by atoms with E-state index in [0.29, 0.717) is 11.5 Å². The summed E-state index contributed by atoms with van der Waals surface area (Å²) >= 11 is 0. The fourth-order valence-corrected chi connectivity index (χ4v) is 2.38. The molecule has 0 radical (unpaired) electrons. The molecule has 1 aliphatic rings. The maximum atomic E-state index is 13.5. The van der Waals surface area contributed by atoms with Crippen LogP contribution in [0.2, 0.25) is 0 Å². The third-order valence-electron chi connectivity index (χ3n) is 3.46. The van der Waals surface area contributed by atoms with Crippen LogP contribution in [0.25, 0.3) is 0 Å². The highest BCUT2D eigenvalue weighted by atomic mass is 19.1. The summed E-state index contributed by atoms with van der Waals surface area (Å²) in [5.41, 5.74) is 1.29. The zero-order valence-electron chi connectivity index (χ0n) is 9.62. The summed E-state index contributed by atoms with van der Waals surface area (Å²) < 4.78 is 13.5. The third-order valence-corrected chi connectivity index (χ3v) is 3.46. The van der Waals surface area contributed by atoms with Crippen LogP contribution in [0.5, 0.6) is 0 Å². The van der Waals surface area contributed by atoms with Gasteiger partial charge in [0, 0.05) is 24.3 Å². The van der Waals surface area contributed by atoms with Crippen molar-refractivity contribution in [2.24, 2.45) is 5.92 Å². The molecule has 1 unspecified atom stereocenters. The van der Waals surface area contributed by atoms with Gasteiger partial charge in [0.25, 0.3) is 0 Å². The maximum Gasteiger partial charge on any atom is 0.130 e. The minimum atomic E-state index is -0.306. The molecule has 0 aromatic heterocycles. The Morgan fingerprint density at radius 1 is 1.50 bits per heavy atom. The van der Waals surface area contributed by atoms with Gasteiger partial charge in [0.05, 0.1) is 6.61 Å². The number of hydrogen-bond acceptors (Lipinski definition) is 2. The van der Waals surface area contributed by atoms with Gasteiger partial charge in [0.2, 0.25) is 0 Å². The molecule has 88 valence electrons. The second kappa shape index (κ2) is 4.83. The monoisotopic (exact) mass is 223 g/mol. The molecule has 0 saturated carbocycles. The van der Waals surface area contributed by atoms with Gasteiger partial charge in [0.15, 0.2) is 0 Å². The summed E-state index contributed by atoms with van der Waals surface area (Å²) in [6.45, 7) is 3.91. The van der Waals surface area contributed by atoms with Gasteiger partial charge in [-0.1, -0.05) is 19.4 Å². The zero-order chi connectivity index (χ0) is 11.5. The molecule has 0 bridgehead atoms. The summed E-state index contributed by atoms with van der Waals surface area (Å²) in [6, 6.07) is 5.01. The zero-order valence-corrected chi connectivity index (χ0v) is 9.62. The summed E-state index contributed by atoms with van der Waals surface area (Å²) in [4.78, 5) is 2.18. The largest absolute Gasteiger partial charge is 0.391 e. The predicted octanol–water partition coefficient (Wildman–Crippen LogP) is 2.55. The van der Waals surface area contributed by atoms with Crippen LogP contribution in [-0.4, -0.2) is 18.2 Å². The second-order valence-electron chi connectivity index (χ2n) is 4.40. The number of rotatable bonds is 3. The van der Waals surface area contributed by atoms with Crippen molar-refractivity contribution in [2.75, 3.05) is 18.0 Å². The lowest BCUT2D eigenvalue weighted by molar-refractivity contribution is 0.276. The molecule has 2 rings (SSSR count). The van der Waals surface area contributed by atoms with Crippen LogP contribution in [-0.2, 0) is 6.61 Å². The van der Waals surface area contributed by atoms with E-state index in [2.05, 4.69) is 11.8 Å². The molecule has 1 fully saturated rings. The first kappa shape index (κ1) is 11.4. The first-order valence-corrected chi connectivity index (χ1v) is 5.89. The molecule has 16 heavy (non-hydrogen) atoms. The highest BCUT2D eigenvalue weighted by Crippen LogP contribution is 2.29. The Labute approximate surface area is 95.7 Å².